The summed E-state index contributed by atoms with van der Waals surface area (Å²) in [6, 6.07) is 14.7. The van der Waals surface area contributed by atoms with Crippen molar-refractivity contribution in [3.8, 4) is 0 Å². The smallest absolute Gasteiger partial charge is 0.224 e. The SMILES string of the molecule is Cc1ccc(NC(=O)CCc2ccc(C(C)(C)C)cc2)c(C)c1. The van der Waals surface area contributed by atoms with Crippen LogP contribution in [0.25, 0.3) is 0 Å². The maximum Gasteiger partial charge on any atom is 0.224 e. The summed E-state index contributed by atoms with van der Waals surface area (Å²) in [5.41, 5.74) is 5.91. The van der Waals surface area contributed by atoms with Crippen molar-refractivity contribution in [2.45, 2.75) is 52.9 Å². The van der Waals surface area contributed by atoms with E-state index in [0.717, 1.165) is 17.7 Å². The van der Waals surface area contributed by atoms with Gasteiger partial charge >= 0.3 is 0 Å². The van der Waals surface area contributed by atoms with Crippen LogP contribution >= 0.6 is 0 Å². The molecule has 2 nitrogen and oxygen atoms in total. The Balaban J connectivity index is 1.91. The molecule has 2 rings (SSSR count). The van der Waals surface area contributed by atoms with Crippen LogP contribution in [0.5, 0.6) is 0 Å². The van der Waals surface area contributed by atoms with E-state index in [4.69, 9.17) is 0 Å². The minimum atomic E-state index is 0.0665. The quantitative estimate of drug-likeness (QED) is 0.829. The van der Waals surface area contributed by atoms with Crippen molar-refractivity contribution in [2.75, 3.05) is 5.32 Å². The fraction of sp³-hybridized carbons (Fsp3) is 0.381. The van der Waals surface area contributed by atoms with Gasteiger partial charge in [-0.25, -0.2) is 0 Å². The van der Waals surface area contributed by atoms with Gasteiger partial charge in [0.25, 0.3) is 0 Å². The number of anilines is 1. The predicted octanol–water partition coefficient (Wildman–Crippen LogP) is 5.17. The van der Waals surface area contributed by atoms with Gasteiger partial charge in [0.05, 0.1) is 0 Å². The maximum absolute atomic E-state index is 12.1. The van der Waals surface area contributed by atoms with Crippen molar-refractivity contribution < 1.29 is 4.79 Å². The van der Waals surface area contributed by atoms with Gasteiger partial charge in [0.2, 0.25) is 5.91 Å². The average Bonchev–Trinajstić information content (AvgIpc) is 2.47. The molecule has 0 aliphatic carbocycles. The highest BCUT2D eigenvalue weighted by Crippen LogP contribution is 2.22. The van der Waals surface area contributed by atoms with Gasteiger partial charge in [0.1, 0.15) is 0 Å². The molecule has 2 heteroatoms. The highest BCUT2D eigenvalue weighted by atomic mass is 16.1. The molecule has 1 N–H and O–H groups in total. The second-order valence-electron chi connectivity index (χ2n) is 7.31. The summed E-state index contributed by atoms with van der Waals surface area (Å²) < 4.78 is 0. The minimum absolute atomic E-state index is 0.0665. The predicted molar refractivity (Wildman–Crippen MR) is 98.0 cm³/mol. The van der Waals surface area contributed by atoms with E-state index in [2.05, 4.69) is 63.3 Å². The molecule has 122 valence electrons. The molecule has 1 amide bonds. The first kappa shape index (κ1) is 17.3. The Morgan fingerprint density at radius 1 is 1.00 bits per heavy atom. The van der Waals surface area contributed by atoms with E-state index in [0.29, 0.717) is 6.42 Å². The number of benzene rings is 2. The van der Waals surface area contributed by atoms with Gasteiger partial charge < -0.3 is 5.32 Å². The molecule has 0 bridgehead atoms. The number of hydrogen-bond donors (Lipinski definition) is 1. The van der Waals surface area contributed by atoms with Crippen LogP contribution < -0.4 is 5.32 Å². The third-order valence-electron chi connectivity index (χ3n) is 4.12. The Morgan fingerprint density at radius 2 is 1.65 bits per heavy atom. The van der Waals surface area contributed by atoms with E-state index in [1.165, 1.54) is 16.7 Å². The highest BCUT2D eigenvalue weighted by Gasteiger charge is 2.13. The molecule has 0 radical (unpaired) electrons. The highest BCUT2D eigenvalue weighted by molar-refractivity contribution is 5.91. The topological polar surface area (TPSA) is 29.1 Å². The molecule has 2 aromatic carbocycles. The standard InChI is InChI=1S/C21H27NO/c1-15-6-12-19(16(2)14-15)22-20(23)13-9-17-7-10-18(11-8-17)21(3,4)5/h6-8,10-12,14H,9,13H2,1-5H3,(H,22,23). The summed E-state index contributed by atoms with van der Waals surface area (Å²) in [6.45, 7) is 10.7. The summed E-state index contributed by atoms with van der Waals surface area (Å²) >= 11 is 0. The van der Waals surface area contributed by atoms with Crippen molar-refractivity contribution in [3.05, 3.63) is 64.7 Å². The molecule has 0 aromatic heterocycles. The van der Waals surface area contributed by atoms with Crippen molar-refractivity contribution in [1.29, 1.82) is 0 Å². The molecule has 23 heavy (non-hydrogen) atoms. The number of hydrogen-bond acceptors (Lipinski definition) is 1. The zero-order valence-corrected chi connectivity index (χ0v) is 14.9. The van der Waals surface area contributed by atoms with Crippen LogP contribution in [0.4, 0.5) is 5.69 Å². The molecule has 0 saturated carbocycles. The van der Waals surface area contributed by atoms with Gasteiger partial charge in [-0.1, -0.05) is 62.7 Å². The number of carbonyl (C=O) groups is 1. The van der Waals surface area contributed by atoms with Gasteiger partial charge in [-0.3, -0.25) is 4.79 Å². The summed E-state index contributed by atoms with van der Waals surface area (Å²) in [6.07, 6.45) is 1.27. The van der Waals surface area contributed by atoms with Gasteiger partial charge in [0, 0.05) is 12.1 Å². The Hall–Kier alpha value is -2.09. The van der Waals surface area contributed by atoms with E-state index < -0.39 is 0 Å². The molecule has 0 heterocycles. The van der Waals surface area contributed by atoms with Gasteiger partial charge in [0.15, 0.2) is 0 Å². The van der Waals surface area contributed by atoms with Crippen LogP contribution in [-0.4, -0.2) is 5.91 Å². The second kappa shape index (κ2) is 6.99. The number of amides is 1. The monoisotopic (exact) mass is 309 g/mol. The summed E-state index contributed by atoms with van der Waals surface area (Å²) in [7, 11) is 0. The summed E-state index contributed by atoms with van der Waals surface area (Å²) in [4.78, 5) is 12.1. The fourth-order valence-electron chi connectivity index (χ4n) is 2.60. The molecule has 0 unspecified atom stereocenters. The number of carbonyl (C=O) groups excluding carboxylic acids is 1. The molecule has 0 saturated heterocycles. The number of rotatable bonds is 4. The van der Waals surface area contributed by atoms with E-state index in [1.807, 2.05) is 19.1 Å². The van der Waals surface area contributed by atoms with E-state index in [1.54, 1.807) is 0 Å². The lowest BCUT2D eigenvalue weighted by atomic mass is 9.86. The van der Waals surface area contributed by atoms with E-state index in [9.17, 15) is 4.79 Å². The molecular weight excluding hydrogens is 282 g/mol. The lowest BCUT2D eigenvalue weighted by Crippen LogP contribution is -2.13. The molecule has 0 fully saturated rings. The van der Waals surface area contributed by atoms with Crippen LogP contribution in [0, 0.1) is 13.8 Å². The van der Waals surface area contributed by atoms with E-state index in [-0.39, 0.29) is 11.3 Å². The zero-order valence-electron chi connectivity index (χ0n) is 14.9. The Kier molecular flexibility index (Phi) is 5.25. The molecule has 0 aliphatic rings. The Bertz CT molecular complexity index is 678. The first-order valence-electron chi connectivity index (χ1n) is 8.22. The lowest BCUT2D eigenvalue weighted by Gasteiger charge is -2.19. The number of aryl methyl sites for hydroxylation is 3. The second-order valence-corrected chi connectivity index (χ2v) is 7.31. The Morgan fingerprint density at radius 3 is 2.22 bits per heavy atom. The molecule has 0 spiro atoms. The van der Waals surface area contributed by atoms with Gasteiger partial charge in [-0.2, -0.15) is 0 Å². The Labute approximate surface area is 139 Å². The third-order valence-corrected chi connectivity index (χ3v) is 4.12. The third kappa shape index (κ3) is 4.95. The van der Waals surface area contributed by atoms with Crippen LogP contribution in [0.1, 0.15) is 49.4 Å². The first-order valence-corrected chi connectivity index (χ1v) is 8.22. The zero-order chi connectivity index (χ0) is 17.0. The van der Waals surface area contributed by atoms with Crippen LogP contribution in [0.15, 0.2) is 42.5 Å². The van der Waals surface area contributed by atoms with Crippen LogP contribution in [0.2, 0.25) is 0 Å². The lowest BCUT2D eigenvalue weighted by molar-refractivity contribution is -0.116. The van der Waals surface area contributed by atoms with Gasteiger partial charge in [-0.05, 0) is 48.4 Å². The summed E-state index contributed by atoms with van der Waals surface area (Å²) in [5.74, 6) is 0.0665. The maximum atomic E-state index is 12.1. The molecule has 2 aromatic rings. The van der Waals surface area contributed by atoms with Crippen LogP contribution in [-0.2, 0) is 16.6 Å². The van der Waals surface area contributed by atoms with Crippen molar-refractivity contribution in [2.24, 2.45) is 0 Å². The molecular formula is C21H27NO. The first-order chi connectivity index (χ1) is 10.8. The summed E-state index contributed by atoms with van der Waals surface area (Å²) in [5, 5.41) is 3.00. The van der Waals surface area contributed by atoms with Crippen LogP contribution in [0.3, 0.4) is 0 Å². The van der Waals surface area contributed by atoms with Gasteiger partial charge in [-0.15, -0.1) is 0 Å². The normalized spacial score (nSPS) is 11.3. The fourth-order valence-corrected chi connectivity index (χ4v) is 2.60. The largest absolute Gasteiger partial charge is 0.326 e. The average molecular weight is 309 g/mol. The number of nitrogens with one attached hydrogen (secondary N) is 1. The molecule has 0 aliphatic heterocycles. The van der Waals surface area contributed by atoms with Crippen molar-refractivity contribution in [1.82, 2.24) is 0 Å². The van der Waals surface area contributed by atoms with E-state index >= 15 is 0 Å². The molecule has 0 atom stereocenters. The van der Waals surface area contributed by atoms with Crippen molar-refractivity contribution in [3.63, 3.8) is 0 Å². The minimum Gasteiger partial charge on any atom is -0.326 e. The van der Waals surface area contributed by atoms with Crippen molar-refractivity contribution >= 4 is 11.6 Å².